The van der Waals surface area contributed by atoms with Crippen LogP contribution in [0.5, 0.6) is 0 Å². The van der Waals surface area contributed by atoms with Gasteiger partial charge in [0.15, 0.2) is 11.3 Å². The normalized spacial score (nSPS) is 20.2. The Hall–Kier alpha value is -2.91. The van der Waals surface area contributed by atoms with E-state index in [9.17, 15) is 18.0 Å². The molecule has 3 aromatic rings. The molecular weight excluding hydrogens is 397 g/mol. The maximum atomic E-state index is 13.8. The standard InChI is InChI=1S/C20H23F3N6O/c1-11-6-5-7-12(2)28(11)19(30)14-9-24-29-17(20(21,22)23)8-16(25-18(14)29)15-10-27(4)26-13(15)3/h8-12H,5-7H2,1-4H3/t11-,12+. The van der Waals surface area contributed by atoms with Crippen LogP contribution in [0.2, 0.25) is 0 Å². The van der Waals surface area contributed by atoms with Crippen LogP contribution in [0.3, 0.4) is 0 Å². The van der Waals surface area contributed by atoms with Crippen LogP contribution in [0.25, 0.3) is 16.9 Å². The number of amides is 1. The van der Waals surface area contributed by atoms with Crippen LogP contribution < -0.4 is 0 Å². The van der Waals surface area contributed by atoms with Crippen LogP contribution >= 0.6 is 0 Å². The first-order chi connectivity index (χ1) is 14.1. The highest BCUT2D eigenvalue weighted by molar-refractivity contribution is 6.00. The summed E-state index contributed by atoms with van der Waals surface area (Å²) in [5.74, 6) is -0.342. The SMILES string of the molecule is Cc1nn(C)cc1-c1cc(C(F)(F)F)n2ncc(C(=O)N3[C@H](C)CCC[C@@H]3C)c2n1. The Labute approximate surface area is 171 Å². The minimum atomic E-state index is -4.66. The quantitative estimate of drug-likeness (QED) is 0.631. The van der Waals surface area contributed by atoms with Crippen LogP contribution in [0.1, 0.15) is 54.9 Å². The van der Waals surface area contributed by atoms with Gasteiger partial charge in [-0.3, -0.25) is 9.48 Å². The number of halogens is 3. The van der Waals surface area contributed by atoms with Crippen molar-refractivity contribution in [2.24, 2.45) is 7.05 Å². The molecule has 160 valence electrons. The third kappa shape index (κ3) is 3.33. The largest absolute Gasteiger partial charge is 0.433 e. The maximum Gasteiger partial charge on any atom is 0.433 e. The Morgan fingerprint density at radius 2 is 1.87 bits per heavy atom. The number of hydrogen-bond donors (Lipinski definition) is 0. The predicted octanol–water partition coefficient (Wildman–Crippen LogP) is 3.86. The lowest BCUT2D eigenvalue weighted by atomic mass is 9.97. The molecule has 4 rings (SSSR count). The topological polar surface area (TPSA) is 68.3 Å². The number of piperidine rings is 1. The molecule has 0 spiro atoms. The molecule has 1 aliphatic heterocycles. The highest BCUT2D eigenvalue weighted by Crippen LogP contribution is 2.34. The molecule has 10 heteroatoms. The zero-order valence-corrected chi connectivity index (χ0v) is 17.2. The summed E-state index contributed by atoms with van der Waals surface area (Å²) in [5.41, 5.74) is 0.125. The fourth-order valence-electron chi connectivity index (χ4n) is 4.27. The number of rotatable bonds is 2. The second kappa shape index (κ2) is 7.10. The highest BCUT2D eigenvalue weighted by Gasteiger charge is 2.37. The summed E-state index contributed by atoms with van der Waals surface area (Å²) in [4.78, 5) is 19.5. The lowest BCUT2D eigenvalue weighted by molar-refractivity contribution is -0.142. The van der Waals surface area contributed by atoms with E-state index in [1.165, 1.54) is 10.9 Å². The van der Waals surface area contributed by atoms with Gasteiger partial charge in [0.2, 0.25) is 0 Å². The van der Waals surface area contributed by atoms with Crippen LogP contribution in [-0.4, -0.2) is 47.3 Å². The van der Waals surface area contributed by atoms with Crippen LogP contribution in [-0.2, 0) is 13.2 Å². The molecule has 1 saturated heterocycles. The first kappa shape index (κ1) is 20.4. The molecule has 3 aromatic heterocycles. The Morgan fingerprint density at radius 3 is 2.43 bits per heavy atom. The Morgan fingerprint density at radius 1 is 1.20 bits per heavy atom. The van der Waals surface area contributed by atoms with E-state index in [-0.39, 0.29) is 34.9 Å². The van der Waals surface area contributed by atoms with Gasteiger partial charge in [-0.2, -0.15) is 23.4 Å². The van der Waals surface area contributed by atoms with E-state index in [1.807, 2.05) is 13.8 Å². The van der Waals surface area contributed by atoms with Crippen molar-refractivity contribution in [1.82, 2.24) is 29.3 Å². The minimum Gasteiger partial charge on any atom is -0.333 e. The summed E-state index contributed by atoms with van der Waals surface area (Å²) >= 11 is 0. The fraction of sp³-hybridized carbons (Fsp3) is 0.500. The van der Waals surface area contributed by atoms with E-state index in [0.717, 1.165) is 25.3 Å². The van der Waals surface area contributed by atoms with Gasteiger partial charge in [-0.05, 0) is 46.1 Å². The molecule has 0 unspecified atom stereocenters. The first-order valence-electron chi connectivity index (χ1n) is 9.87. The average molecular weight is 420 g/mol. The lowest BCUT2D eigenvalue weighted by Crippen LogP contribution is -2.47. The van der Waals surface area contributed by atoms with E-state index in [2.05, 4.69) is 15.2 Å². The Kier molecular flexibility index (Phi) is 4.82. The van der Waals surface area contributed by atoms with E-state index in [1.54, 1.807) is 25.1 Å². The van der Waals surface area contributed by atoms with Gasteiger partial charge in [-0.25, -0.2) is 9.50 Å². The fourth-order valence-corrected chi connectivity index (χ4v) is 4.27. The molecule has 30 heavy (non-hydrogen) atoms. The molecule has 0 saturated carbocycles. The predicted molar refractivity (Wildman–Crippen MR) is 104 cm³/mol. The number of carbonyl (C=O) groups is 1. The van der Waals surface area contributed by atoms with E-state index in [0.29, 0.717) is 15.8 Å². The second-order valence-electron chi connectivity index (χ2n) is 7.96. The van der Waals surface area contributed by atoms with Gasteiger partial charge in [0.25, 0.3) is 5.91 Å². The molecule has 0 aromatic carbocycles. The van der Waals surface area contributed by atoms with Crippen LogP contribution in [0.15, 0.2) is 18.5 Å². The summed E-state index contributed by atoms with van der Waals surface area (Å²) in [7, 11) is 1.69. The van der Waals surface area contributed by atoms with Gasteiger partial charge >= 0.3 is 6.18 Å². The average Bonchev–Trinajstić information content (AvgIpc) is 3.22. The van der Waals surface area contributed by atoms with Gasteiger partial charge in [0.1, 0.15) is 5.56 Å². The molecule has 4 heterocycles. The van der Waals surface area contributed by atoms with Gasteiger partial charge in [-0.15, -0.1) is 0 Å². The molecule has 1 amide bonds. The van der Waals surface area contributed by atoms with Gasteiger partial charge < -0.3 is 4.90 Å². The third-order valence-electron chi connectivity index (χ3n) is 5.71. The number of likely N-dealkylation sites (tertiary alicyclic amines) is 1. The molecule has 7 nitrogen and oxygen atoms in total. The first-order valence-corrected chi connectivity index (χ1v) is 9.87. The van der Waals surface area contributed by atoms with Gasteiger partial charge in [0, 0.05) is 30.9 Å². The van der Waals surface area contributed by atoms with E-state index >= 15 is 0 Å². The Bertz CT molecular complexity index is 1110. The van der Waals surface area contributed by atoms with Crippen molar-refractivity contribution in [3.63, 3.8) is 0 Å². The summed E-state index contributed by atoms with van der Waals surface area (Å²) < 4.78 is 43.6. The zero-order valence-electron chi connectivity index (χ0n) is 17.2. The summed E-state index contributed by atoms with van der Waals surface area (Å²) in [6.07, 6.45) is 0.869. The number of alkyl halides is 3. The van der Waals surface area contributed by atoms with Crippen molar-refractivity contribution >= 4 is 11.6 Å². The van der Waals surface area contributed by atoms with E-state index in [4.69, 9.17) is 0 Å². The lowest BCUT2D eigenvalue weighted by Gasteiger charge is -2.38. The second-order valence-corrected chi connectivity index (χ2v) is 7.96. The van der Waals surface area contributed by atoms with Crippen molar-refractivity contribution in [3.8, 4) is 11.3 Å². The molecule has 1 aliphatic rings. The number of aromatic nitrogens is 5. The monoisotopic (exact) mass is 420 g/mol. The molecule has 0 bridgehead atoms. The number of carbonyl (C=O) groups excluding carboxylic acids is 1. The molecule has 1 fully saturated rings. The van der Waals surface area contributed by atoms with Gasteiger partial charge in [-0.1, -0.05) is 0 Å². The minimum absolute atomic E-state index is 0.00189. The number of aryl methyl sites for hydroxylation is 2. The molecule has 2 atom stereocenters. The van der Waals surface area contributed by atoms with Crippen LogP contribution in [0, 0.1) is 6.92 Å². The van der Waals surface area contributed by atoms with Crippen molar-refractivity contribution in [2.45, 2.75) is 58.3 Å². The van der Waals surface area contributed by atoms with E-state index < -0.39 is 11.9 Å². The van der Waals surface area contributed by atoms with Gasteiger partial charge in [0.05, 0.1) is 17.6 Å². The Balaban J connectivity index is 1.91. The van der Waals surface area contributed by atoms with Crippen LogP contribution in [0.4, 0.5) is 13.2 Å². The van der Waals surface area contributed by atoms with Crippen molar-refractivity contribution < 1.29 is 18.0 Å². The third-order valence-corrected chi connectivity index (χ3v) is 5.71. The molecule has 0 aliphatic carbocycles. The maximum absolute atomic E-state index is 13.8. The van der Waals surface area contributed by atoms with Crippen molar-refractivity contribution in [2.75, 3.05) is 0 Å². The smallest absolute Gasteiger partial charge is 0.333 e. The molecular formula is C20H23F3N6O. The van der Waals surface area contributed by atoms with Crippen molar-refractivity contribution in [3.05, 3.63) is 35.4 Å². The summed E-state index contributed by atoms with van der Waals surface area (Å²) in [6.45, 7) is 5.62. The number of nitrogens with zero attached hydrogens (tertiary/aromatic N) is 6. The van der Waals surface area contributed by atoms with Crippen molar-refractivity contribution in [1.29, 1.82) is 0 Å². The summed E-state index contributed by atoms with van der Waals surface area (Å²) in [5, 5.41) is 8.07. The zero-order chi connectivity index (χ0) is 21.8. The number of fused-ring (bicyclic) bond motifs is 1. The number of hydrogen-bond acceptors (Lipinski definition) is 4. The molecule has 0 N–H and O–H groups in total. The summed E-state index contributed by atoms with van der Waals surface area (Å²) in [6, 6.07) is 0.953. The highest BCUT2D eigenvalue weighted by atomic mass is 19.4. The molecule has 0 radical (unpaired) electrons.